The maximum atomic E-state index is 13.1. The summed E-state index contributed by atoms with van der Waals surface area (Å²) >= 11 is 0. The average molecular weight is 466 g/mol. The van der Waals surface area contributed by atoms with Crippen molar-refractivity contribution in [3.8, 4) is 0 Å². The van der Waals surface area contributed by atoms with Gasteiger partial charge in [0, 0.05) is 32.7 Å². The third-order valence-corrected chi connectivity index (χ3v) is 7.25. The van der Waals surface area contributed by atoms with Crippen LogP contribution in [0.4, 0.5) is 17.6 Å². The summed E-state index contributed by atoms with van der Waals surface area (Å²) in [5.41, 5.74) is 2.94. The van der Waals surface area contributed by atoms with E-state index in [9.17, 15) is 30.8 Å². The van der Waals surface area contributed by atoms with E-state index in [2.05, 4.69) is 0 Å². The van der Waals surface area contributed by atoms with Crippen LogP contribution in [0.3, 0.4) is 0 Å². The molecule has 8 nitrogen and oxygen atoms in total. The molecule has 0 spiro atoms. The minimum absolute atomic E-state index is 0.00866. The maximum absolute atomic E-state index is 13.1. The Morgan fingerprint density at radius 3 is 2.39 bits per heavy atom. The van der Waals surface area contributed by atoms with E-state index in [1.54, 1.807) is 18.2 Å². The number of hydrogen-bond acceptors (Lipinski definition) is 5. The van der Waals surface area contributed by atoms with E-state index in [4.69, 9.17) is 5.21 Å². The van der Waals surface area contributed by atoms with Crippen molar-refractivity contribution in [1.29, 1.82) is 0 Å². The van der Waals surface area contributed by atoms with Crippen LogP contribution in [-0.4, -0.2) is 84.5 Å². The van der Waals surface area contributed by atoms with E-state index in [1.165, 1.54) is 17.6 Å². The average Bonchev–Trinajstić information content (AvgIpc) is 2.72. The molecule has 2 aliphatic heterocycles. The van der Waals surface area contributed by atoms with Crippen LogP contribution in [-0.2, 0) is 15.0 Å². The van der Waals surface area contributed by atoms with Gasteiger partial charge < -0.3 is 0 Å². The van der Waals surface area contributed by atoms with Crippen molar-refractivity contribution in [2.75, 3.05) is 39.3 Å². The summed E-state index contributed by atoms with van der Waals surface area (Å²) in [6.07, 6.45) is -2.49. The minimum Gasteiger partial charge on any atom is -0.292 e. The summed E-state index contributed by atoms with van der Waals surface area (Å²) in [4.78, 5) is 13.0. The van der Waals surface area contributed by atoms with Gasteiger partial charge in [-0.05, 0) is 29.7 Å². The number of carbonyl (C=O) groups excluding carboxylic acids is 1. The molecule has 0 bridgehead atoms. The number of nitrogens with one attached hydrogen (secondary N) is 1. The predicted octanol–water partition coefficient (Wildman–Crippen LogP) is 1.21. The molecule has 1 saturated heterocycles. The van der Waals surface area contributed by atoms with Gasteiger partial charge in [-0.3, -0.25) is 14.9 Å². The molecule has 2 aliphatic rings. The van der Waals surface area contributed by atoms with Crippen LogP contribution in [0.1, 0.15) is 12.0 Å². The van der Waals surface area contributed by atoms with Gasteiger partial charge in [-0.2, -0.15) is 30.2 Å². The smallest absolute Gasteiger partial charge is 0.292 e. The van der Waals surface area contributed by atoms with Crippen LogP contribution in [0.2, 0.25) is 0 Å². The summed E-state index contributed by atoms with van der Waals surface area (Å²) in [5, 5.41) is 8.97. The molecule has 0 saturated carbocycles. The fraction of sp³-hybridized carbons (Fsp3) is 0.500. The normalized spacial score (nSPS) is 22.2. The molecule has 172 valence electrons. The second-order valence-electron chi connectivity index (χ2n) is 7.30. The van der Waals surface area contributed by atoms with Crippen LogP contribution >= 0.6 is 0 Å². The number of carbonyl (C=O) groups is 1. The fourth-order valence-corrected chi connectivity index (χ4v) is 5.40. The highest BCUT2D eigenvalue weighted by Crippen LogP contribution is 2.27. The molecular weight excluding hydrogens is 444 g/mol. The van der Waals surface area contributed by atoms with E-state index >= 15 is 0 Å². The third kappa shape index (κ3) is 5.60. The number of nitrogens with zero attached hydrogens (tertiary/aromatic N) is 3. The predicted molar refractivity (Wildman–Crippen MR) is 102 cm³/mol. The Labute approximate surface area is 176 Å². The Hall–Kier alpha value is -2.06. The highest BCUT2D eigenvalue weighted by atomic mass is 32.2. The van der Waals surface area contributed by atoms with Gasteiger partial charge in [-0.25, -0.2) is 9.87 Å². The number of piperazine rings is 1. The van der Waals surface area contributed by atoms with Crippen molar-refractivity contribution in [3.05, 3.63) is 41.7 Å². The Morgan fingerprint density at radius 1 is 1.16 bits per heavy atom. The molecule has 3 rings (SSSR count). The molecule has 0 aliphatic carbocycles. The van der Waals surface area contributed by atoms with Crippen LogP contribution in [0, 0.1) is 5.82 Å². The molecule has 1 aromatic rings. The SMILES string of the molecule is O=C(NO)[C@H]1CN(CC(F)(F)F)CCN1S(=O)(=O)N1CC=C(c2ccc(F)cc2)CC1. The lowest BCUT2D eigenvalue weighted by Gasteiger charge is -2.41. The number of rotatable bonds is 5. The summed E-state index contributed by atoms with van der Waals surface area (Å²) in [6, 6.07) is 4.28. The van der Waals surface area contributed by atoms with Crippen molar-refractivity contribution in [2.24, 2.45) is 0 Å². The van der Waals surface area contributed by atoms with Crippen LogP contribution in [0.5, 0.6) is 0 Å². The van der Waals surface area contributed by atoms with Gasteiger partial charge in [0.2, 0.25) is 0 Å². The Bertz CT molecular complexity index is 937. The molecular formula is C18H22F4N4O4S. The Kier molecular flexibility index (Phi) is 7.01. The second-order valence-corrected chi connectivity index (χ2v) is 9.19. The lowest BCUT2D eigenvalue weighted by Crippen LogP contribution is -2.63. The van der Waals surface area contributed by atoms with Gasteiger partial charge >= 0.3 is 6.18 Å². The van der Waals surface area contributed by atoms with Crippen molar-refractivity contribution in [2.45, 2.75) is 18.6 Å². The first kappa shape index (κ1) is 23.6. The first-order valence-corrected chi connectivity index (χ1v) is 10.9. The highest BCUT2D eigenvalue weighted by Gasteiger charge is 2.44. The molecule has 31 heavy (non-hydrogen) atoms. The van der Waals surface area contributed by atoms with Crippen molar-refractivity contribution < 1.29 is 36.0 Å². The molecule has 1 fully saturated rings. The highest BCUT2D eigenvalue weighted by molar-refractivity contribution is 7.86. The largest absolute Gasteiger partial charge is 0.401 e. The molecule has 1 atom stereocenters. The van der Waals surface area contributed by atoms with Gasteiger partial charge in [0.05, 0.1) is 6.54 Å². The summed E-state index contributed by atoms with van der Waals surface area (Å²) in [6.45, 7) is -2.26. The third-order valence-electron chi connectivity index (χ3n) is 5.24. The molecule has 2 N–H and O–H groups in total. The zero-order valence-corrected chi connectivity index (χ0v) is 17.2. The van der Waals surface area contributed by atoms with E-state index in [0.29, 0.717) is 6.42 Å². The number of hydrogen-bond donors (Lipinski definition) is 2. The lowest BCUT2D eigenvalue weighted by atomic mass is 10.0. The molecule has 0 radical (unpaired) electrons. The zero-order chi connectivity index (χ0) is 22.8. The fourth-order valence-electron chi connectivity index (χ4n) is 3.72. The Balaban J connectivity index is 1.75. The summed E-state index contributed by atoms with van der Waals surface area (Å²) in [7, 11) is -4.19. The molecule has 0 unspecified atom stereocenters. The van der Waals surface area contributed by atoms with Gasteiger partial charge in [0.1, 0.15) is 11.9 Å². The van der Waals surface area contributed by atoms with E-state index < -0.39 is 41.4 Å². The standard InChI is InChI=1S/C18H22F4N4O4S/c19-15-3-1-13(2-4-15)14-5-7-25(8-6-14)31(29,30)26-10-9-24(12-18(20,21)22)11-16(26)17(27)23-28/h1-5,16,28H,6-12H2,(H,23,27)/t16-/m1/s1. The number of halogens is 4. The van der Waals surface area contributed by atoms with Crippen LogP contribution < -0.4 is 5.48 Å². The number of alkyl halides is 3. The molecule has 0 aromatic heterocycles. The number of amides is 1. The summed E-state index contributed by atoms with van der Waals surface area (Å²) in [5.74, 6) is -1.49. The Morgan fingerprint density at radius 2 is 1.84 bits per heavy atom. The topological polar surface area (TPSA) is 93.2 Å². The second kappa shape index (κ2) is 9.20. The van der Waals surface area contributed by atoms with Gasteiger partial charge in [-0.1, -0.05) is 18.2 Å². The molecule has 1 aromatic carbocycles. The van der Waals surface area contributed by atoms with Crippen molar-refractivity contribution in [3.63, 3.8) is 0 Å². The quantitative estimate of drug-likeness (QED) is 0.387. The number of benzene rings is 1. The van der Waals surface area contributed by atoms with Crippen molar-refractivity contribution >= 4 is 21.7 Å². The number of hydroxylamine groups is 1. The monoisotopic (exact) mass is 466 g/mol. The minimum atomic E-state index is -4.50. The van der Waals surface area contributed by atoms with E-state index in [0.717, 1.165) is 24.6 Å². The molecule has 1 amide bonds. The van der Waals surface area contributed by atoms with Crippen molar-refractivity contribution in [1.82, 2.24) is 19.0 Å². The lowest BCUT2D eigenvalue weighted by molar-refractivity contribution is -0.154. The molecule has 13 heteroatoms. The van der Waals surface area contributed by atoms with Gasteiger partial charge in [0.15, 0.2) is 0 Å². The van der Waals surface area contributed by atoms with Gasteiger partial charge in [0.25, 0.3) is 16.1 Å². The van der Waals surface area contributed by atoms with E-state index in [1.807, 2.05) is 0 Å². The maximum Gasteiger partial charge on any atom is 0.401 e. The first-order valence-electron chi connectivity index (χ1n) is 9.46. The van der Waals surface area contributed by atoms with Crippen LogP contribution in [0.25, 0.3) is 5.57 Å². The zero-order valence-electron chi connectivity index (χ0n) is 16.3. The van der Waals surface area contributed by atoms with Gasteiger partial charge in [-0.15, -0.1) is 0 Å². The first-order chi connectivity index (χ1) is 14.5. The molecule has 2 heterocycles. The van der Waals surface area contributed by atoms with E-state index in [-0.39, 0.29) is 32.0 Å². The summed E-state index contributed by atoms with van der Waals surface area (Å²) < 4.78 is 79.4. The van der Waals surface area contributed by atoms with Crippen LogP contribution in [0.15, 0.2) is 30.3 Å².